The van der Waals surface area contributed by atoms with E-state index in [1.54, 1.807) is 0 Å². The summed E-state index contributed by atoms with van der Waals surface area (Å²) in [6.45, 7) is 0. The number of fused-ring (bicyclic) bond motifs is 2. The van der Waals surface area contributed by atoms with Crippen LogP contribution >= 0.6 is 15.9 Å². The van der Waals surface area contributed by atoms with E-state index in [2.05, 4.69) is 136 Å². The second-order valence-electron chi connectivity index (χ2n) is 7.08. The fourth-order valence-electron chi connectivity index (χ4n) is 3.74. The first-order valence-electron chi connectivity index (χ1n) is 9.64. The predicted molar refractivity (Wildman–Crippen MR) is 126 cm³/mol. The summed E-state index contributed by atoms with van der Waals surface area (Å²) in [7, 11) is 0. The van der Waals surface area contributed by atoms with Gasteiger partial charge in [-0.15, -0.1) is 0 Å². The Morgan fingerprint density at radius 2 is 1.21 bits per heavy atom. The molecule has 0 N–H and O–H groups in total. The van der Waals surface area contributed by atoms with Crippen molar-refractivity contribution in [2.24, 2.45) is 0 Å². The minimum Gasteiger partial charge on any atom is -0.167 e. The van der Waals surface area contributed by atoms with Gasteiger partial charge in [-0.1, -0.05) is 76.6 Å². The van der Waals surface area contributed by atoms with Crippen molar-refractivity contribution in [2.45, 2.75) is 0 Å². The predicted octanol–water partition coefficient (Wildman–Crippen LogP) is 7.20. The normalized spacial score (nSPS) is 11.5. The molecular weight excluding hydrogens is 418 g/mol. The summed E-state index contributed by atoms with van der Waals surface area (Å²) in [6, 6.07) is 32.1. The number of halogens is 1. The molecule has 5 aromatic rings. The second kappa shape index (κ2) is 7.65. The molecule has 0 atom stereocenters. The zero-order valence-corrected chi connectivity index (χ0v) is 17.4. The largest absolute Gasteiger partial charge is 0.210 e. The van der Waals surface area contributed by atoms with Gasteiger partial charge < -0.3 is 0 Å². The molecule has 1 heterocycles. The van der Waals surface area contributed by atoms with Gasteiger partial charge in [0.1, 0.15) is 0 Å². The Morgan fingerprint density at radius 3 is 1.83 bits per heavy atom. The number of benzene rings is 4. The van der Waals surface area contributed by atoms with Crippen LogP contribution in [0, 0.1) is 0 Å². The van der Waals surface area contributed by atoms with Crippen molar-refractivity contribution < 1.29 is 4.57 Å². The highest BCUT2D eigenvalue weighted by Crippen LogP contribution is 2.30. The van der Waals surface area contributed by atoms with Crippen LogP contribution in [0.15, 0.2) is 108 Å². The van der Waals surface area contributed by atoms with E-state index in [1.807, 2.05) is 0 Å². The van der Waals surface area contributed by atoms with Crippen molar-refractivity contribution in [3.05, 3.63) is 119 Å². The quantitative estimate of drug-likeness (QED) is 0.208. The molecule has 5 rings (SSSR count). The van der Waals surface area contributed by atoms with E-state index in [-0.39, 0.29) is 0 Å². The van der Waals surface area contributed by atoms with E-state index >= 15 is 0 Å². The molecule has 1 nitrogen and oxygen atoms in total. The van der Waals surface area contributed by atoms with E-state index in [9.17, 15) is 0 Å². The van der Waals surface area contributed by atoms with Crippen molar-refractivity contribution in [1.82, 2.24) is 0 Å². The van der Waals surface area contributed by atoms with Gasteiger partial charge in [-0.05, 0) is 50.9 Å². The van der Waals surface area contributed by atoms with Gasteiger partial charge in [0, 0.05) is 28.7 Å². The number of nitrogens with zero attached hydrogens (tertiary/aromatic N) is 1. The van der Waals surface area contributed by atoms with Crippen LogP contribution in [0.2, 0.25) is 0 Å². The molecule has 0 radical (unpaired) electrons. The summed E-state index contributed by atoms with van der Waals surface area (Å²) in [5, 5.41) is 5.10. The lowest BCUT2D eigenvalue weighted by Crippen LogP contribution is -2.28. The third kappa shape index (κ3) is 3.59. The first kappa shape index (κ1) is 17.8. The average molecular weight is 437 g/mol. The van der Waals surface area contributed by atoms with Crippen LogP contribution in [0.3, 0.4) is 0 Å². The number of pyridine rings is 1. The molecule has 0 fully saturated rings. The van der Waals surface area contributed by atoms with Gasteiger partial charge in [-0.2, -0.15) is 4.57 Å². The summed E-state index contributed by atoms with van der Waals surface area (Å²) >= 11 is 3.49. The molecule has 0 saturated heterocycles. The lowest BCUT2D eigenvalue weighted by Gasteiger charge is -2.08. The Kier molecular flexibility index (Phi) is 4.71. The topological polar surface area (TPSA) is 3.88 Å². The minimum atomic E-state index is 1.09. The zero-order valence-electron chi connectivity index (χ0n) is 15.8. The van der Waals surface area contributed by atoms with Gasteiger partial charge in [-0.25, -0.2) is 0 Å². The van der Waals surface area contributed by atoms with E-state index in [1.165, 1.54) is 32.7 Å². The molecule has 0 unspecified atom stereocenters. The zero-order chi connectivity index (χ0) is 19.6. The molecule has 0 aliphatic carbocycles. The van der Waals surface area contributed by atoms with Gasteiger partial charge in [0.05, 0.1) is 0 Å². The molecule has 0 amide bonds. The van der Waals surface area contributed by atoms with Crippen molar-refractivity contribution in [2.75, 3.05) is 0 Å². The molecule has 2 heteroatoms. The number of aromatic nitrogens is 1. The van der Waals surface area contributed by atoms with Gasteiger partial charge in [-0.3, -0.25) is 0 Å². The molecule has 29 heavy (non-hydrogen) atoms. The maximum Gasteiger partial charge on any atom is 0.210 e. The van der Waals surface area contributed by atoms with Crippen molar-refractivity contribution in [1.29, 1.82) is 0 Å². The Bertz CT molecular complexity index is 1280. The fraction of sp³-hybridized carbons (Fsp3) is 0. The standard InChI is InChI=1S/C27H19BrN/c28-23-10-12-24(13-11-23)29-17-15-20(16-18-29)9-14-27-25-7-3-1-5-21(25)19-22-6-2-4-8-26(22)27/h1-19H/q+1/b14-9+. The lowest BCUT2D eigenvalue weighted by atomic mass is 9.96. The molecule has 0 bridgehead atoms. The van der Waals surface area contributed by atoms with Crippen LogP contribution in [0.1, 0.15) is 11.1 Å². The van der Waals surface area contributed by atoms with Gasteiger partial charge in [0.25, 0.3) is 0 Å². The van der Waals surface area contributed by atoms with E-state index in [0.29, 0.717) is 0 Å². The highest BCUT2D eigenvalue weighted by molar-refractivity contribution is 9.10. The highest BCUT2D eigenvalue weighted by atomic mass is 79.9. The second-order valence-corrected chi connectivity index (χ2v) is 8.00. The highest BCUT2D eigenvalue weighted by Gasteiger charge is 2.06. The number of hydrogen-bond donors (Lipinski definition) is 0. The number of hydrogen-bond acceptors (Lipinski definition) is 0. The van der Waals surface area contributed by atoms with Crippen LogP contribution in [0.25, 0.3) is 39.4 Å². The molecule has 4 aromatic carbocycles. The Labute approximate surface area is 178 Å². The van der Waals surface area contributed by atoms with Crippen LogP contribution in [-0.4, -0.2) is 0 Å². The SMILES string of the molecule is Brc1ccc(-[n+]2ccc(/C=C/c3c4ccccc4cc4ccccc34)cc2)cc1. The Balaban J connectivity index is 1.54. The first-order valence-corrected chi connectivity index (χ1v) is 10.4. The van der Waals surface area contributed by atoms with Crippen molar-refractivity contribution in [3.63, 3.8) is 0 Å². The van der Waals surface area contributed by atoms with E-state index in [0.717, 1.165) is 10.2 Å². The van der Waals surface area contributed by atoms with Gasteiger partial charge >= 0.3 is 0 Å². The molecule has 0 aliphatic heterocycles. The lowest BCUT2D eigenvalue weighted by molar-refractivity contribution is -0.595. The third-order valence-electron chi connectivity index (χ3n) is 5.24. The minimum absolute atomic E-state index is 1.09. The van der Waals surface area contributed by atoms with Crippen molar-refractivity contribution >= 4 is 49.6 Å². The third-order valence-corrected chi connectivity index (χ3v) is 5.76. The molecule has 1 aromatic heterocycles. The Hall–Kier alpha value is -3.23. The summed E-state index contributed by atoms with van der Waals surface area (Å²) in [4.78, 5) is 0. The molecule has 0 saturated carbocycles. The van der Waals surface area contributed by atoms with Crippen molar-refractivity contribution in [3.8, 4) is 5.69 Å². The smallest absolute Gasteiger partial charge is 0.167 e. The molecule has 0 aliphatic rings. The molecule has 0 spiro atoms. The maximum absolute atomic E-state index is 3.49. The van der Waals surface area contributed by atoms with Crippen LogP contribution < -0.4 is 4.57 Å². The summed E-state index contributed by atoms with van der Waals surface area (Å²) in [5.74, 6) is 0. The summed E-state index contributed by atoms with van der Waals surface area (Å²) in [6.07, 6.45) is 8.64. The monoisotopic (exact) mass is 436 g/mol. The van der Waals surface area contributed by atoms with Gasteiger partial charge in [0.2, 0.25) is 5.69 Å². The van der Waals surface area contributed by atoms with Gasteiger partial charge in [0.15, 0.2) is 12.4 Å². The molecule has 138 valence electrons. The first-order chi connectivity index (χ1) is 14.3. The maximum atomic E-state index is 3.49. The average Bonchev–Trinajstić information content (AvgIpc) is 2.77. The molecular formula is C27H19BrN+. The Morgan fingerprint density at radius 1 is 0.621 bits per heavy atom. The number of rotatable bonds is 3. The summed E-state index contributed by atoms with van der Waals surface area (Å²) < 4.78 is 3.21. The van der Waals surface area contributed by atoms with E-state index < -0.39 is 0 Å². The fourth-order valence-corrected chi connectivity index (χ4v) is 4.01. The van der Waals surface area contributed by atoms with Crippen LogP contribution in [0.4, 0.5) is 0 Å². The van der Waals surface area contributed by atoms with Crippen LogP contribution in [-0.2, 0) is 0 Å². The van der Waals surface area contributed by atoms with Crippen LogP contribution in [0.5, 0.6) is 0 Å². The summed E-state index contributed by atoms with van der Waals surface area (Å²) in [5.41, 5.74) is 3.59. The van der Waals surface area contributed by atoms with E-state index in [4.69, 9.17) is 0 Å².